The minimum atomic E-state index is 0.895. The molecule has 0 aromatic carbocycles. The summed E-state index contributed by atoms with van der Waals surface area (Å²) in [5.41, 5.74) is 7.18. The van der Waals surface area contributed by atoms with Crippen LogP contribution in [0.2, 0.25) is 0 Å². The molecular weight excluding hydrogens is 227 g/mol. The van der Waals surface area contributed by atoms with Gasteiger partial charge in [-0.2, -0.15) is 0 Å². The van der Waals surface area contributed by atoms with Crippen LogP contribution in [0.3, 0.4) is 0 Å². The van der Waals surface area contributed by atoms with Crippen LogP contribution in [0.4, 0.5) is 0 Å². The Morgan fingerprint density at radius 2 is 1.37 bits per heavy atom. The summed E-state index contributed by atoms with van der Waals surface area (Å²) < 4.78 is 0. The highest BCUT2D eigenvalue weighted by molar-refractivity contribution is 6.58. The van der Waals surface area contributed by atoms with Crippen molar-refractivity contribution >= 4 is 7.28 Å². The van der Waals surface area contributed by atoms with Gasteiger partial charge in [-0.25, -0.2) is 0 Å². The molecule has 0 radical (unpaired) electrons. The molecule has 0 amide bonds. The van der Waals surface area contributed by atoms with Crippen LogP contribution in [0.1, 0.15) is 13.8 Å². The van der Waals surface area contributed by atoms with Crippen molar-refractivity contribution < 1.29 is 0 Å². The van der Waals surface area contributed by atoms with E-state index >= 15 is 0 Å². The fourth-order valence-electron chi connectivity index (χ4n) is 2.08. The van der Waals surface area contributed by atoms with E-state index in [1.807, 2.05) is 31.2 Å². The van der Waals surface area contributed by atoms with Gasteiger partial charge in [0, 0.05) is 0 Å². The van der Waals surface area contributed by atoms with Crippen LogP contribution in [0.5, 0.6) is 0 Å². The molecule has 0 unspecified atom stereocenters. The monoisotopic (exact) mass is 248 g/mol. The van der Waals surface area contributed by atoms with Crippen molar-refractivity contribution in [2.24, 2.45) is 0 Å². The second-order valence-electron chi connectivity index (χ2n) is 4.65. The van der Waals surface area contributed by atoms with Gasteiger partial charge in [0.2, 0.25) is 0 Å². The van der Waals surface area contributed by atoms with Crippen LogP contribution in [-0.2, 0) is 0 Å². The third kappa shape index (κ3) is 3.48. The van der Waals surface area contributed by atoms with Crippen LogP contribution >= 0.6 is 0 Å². The van der Waals surface area contributed by atoms with Crippen LogP contribution < -0.4 is 0 Å². The highest BCUT2D eigenvalue weighted by atomic mass is 14.1. The van der Waals surface area contributed by atoms with Gasteiger partial charge in [0.25, 0.3) is 0 Å². The van der Waals surface area contributed by atoms with E-state index < -0.39 is 0 Å². The molecule has 0 N–H and O–H groups in total. The van der Waals surface area contributed by atoms with Gasteiger partial charge in [0.05, 0.1) is 0 Å². The molecule has 0 nitrogen and oxygen atoms in total. The van der Waals surface area contributed by atoms with Crippen molar-refractivity contribution in [3.05, 3.63) is 96.0 Å². The van der Waals surface area contributed by atoms with E-state index in [2.05, 4.69) is 45.4 Å². The van der Waals surface area contributed by atoms with Gasteiger partial charge in [-0.3, -0.25) is 0 Å². The van der Waals surface area contributed by atoms with Gasteiger partial charge in [-0.05, 0) is 25.0 Å². The first-order valence-corrected chi connectivity index (χ1v) is 6.40. The molecule has 0 aromatic rings. The molecule has 96 valence electrons. The lowest BCUT2D eigenvalue weighted by molar-refractivity contribution is 1.44. The van der Waals surface area contributed by atoms with Gasteiger partial charge in [0.15, 0.2) is 7.28 Å². The Balaban J connectivity index is 3.42. The predicted octanol–water partition coefficient (Wildman–Crippen LogP) is 4.58. The smallest absolute Gasteiger partial charge is 0.0996 e. The van der Waals surface area contributed by atoms with Gasteiger partial charge >= 0.3 is 0 Å². The van der Waals surface area contributed by atoms with Crippen molar-refractivity contribution in [3.8, 4) is 0 Å². The van der Waals surface area contributed by atoms with Crippen molar-refractivity contribution in [2.75, 3.05) is 0 Å². The largest absolute Gasteiger partial charge is 0.193 e. The van der Waals surface area contributed by atoms with E-state index in [4.69, 9.17) is 0 Å². The maximum atomic E-state index is 3.92. The van der Waals surface area contributed by atoms with Gasteiger partial charge in [-0.15, -0.1) is 0 Å². The lowest BCUT2D eigenvalue weighted by Gasteiger charge is -2.04. The van der Waals surface area contributed by atoms with Crippen molar-refractivity contribution in [2.45, 2.75) is 13.8 Å². The number of hydrogen-bond donors (Lipinski definition) is 0. The summed E-state index contributed by atoms with van der Waals surface area (Å²) >= 11 is 0. The molecule has 0 saturated carbocycles. The SMILES string of the molecule is C=CC1=C(C=C)C(/C=C(\C)C=C)=C(/C=C(\C)C=C)B1. The Hall–Kier alpha value is -2.02. The minimum absolute atomic E-state index is 0.895. The maximum Gasteiger partial charge on any atom is 0.193 e. The molecule has 1 rings (SSSR count). The third-order valence-electron chi connectivity index (χ3n) is 3.23. The quantitative estimate of drug-likeness (QED) is 0.476. The normalized spacial score (nSPS) is 16.3. The van der Waals surface area contributed by atoms with Gasteiger partial charge in [-0.1, -0.05) is 84.9 Å². The summed E-state index contributed by atoms with van der Waals surface area (Å²) in [6.07, 6.45) is 11.9. The second-order valence-corrected chi connectivity index (χ2v) is 4.65. The molecule has 0 aliphatic carbocycles. The van der Waals surface area contributed by atoms with E-state index in [0.717, 1.165) is 18.4 Å². The number of rotatable bonds is 6. The molecule has 1 heteroatoms. The molecule has 1 aliphatic rings. The van der Waals surface area contributed by atoms with Crippen LogP contribution in [0, 0.1) is 0 Å². The maximum absolute atomic E-state index is 3.92. The zero-order valence-electron chi connectivity index (χ0n) is 12.0. The molecule has 0 fully saturated rings. The molecular formula is C18H21B. The van der Waals surface area contributed by atoms with Gasteiger partial charge in [0.1, 0.15) is 0 Å². The predicted molar refractivity (Wildman–Crippen MR) is 89.5 cm³/mol. The summed E-state index contributed by atoms with van der Waals surface area (Å²) in [4.78, 5) is 0. The van der Waals surface area contributed by atoms with Crippen LogP contribution in [0.15, 0.2) is 96.0 Å². The van der Waals surface area contributed by atoms with Crippen LogP contribution in [0.25, 0.3) is 0 Å². The molecule has 1 aliphatic heterocycles. The second kappa shape index (κ2) is 6.79. The van der Waals surface area contributed by atoms with Crippen molar-refractivity contribution in [1.82, 2.24) is 0 Å². The highest BCUT2D eigenvalue weighted by Gasteiger charge is 2.19. The lowest BCUT2D eigenvalue weighted by atomic mass is 9.65. The fourth-order valence-corrected chi connectivity index (χ4v) is 2.08. The molecule has 0 atom stereocenters. The minimum Gasteiger partial charge on any atom is -0.0996 e. The van der Waals surface area contributed by atoms with E-state index in [-0.39, 0.29) is 0 Å². The Morgan fingerprint density at radius 1 is 0.789 bits per heavy atom. The topological polar surface area (TPSA) is 0 Å². The summed E-state index contributed by atoms with van der Waals surface area (Å²) in [5.74, 6) is 0. The van der Waals surface area contributed by atoms with E-state index in [1.54, 1.807) is 0 Å². The molecule has 0 saturated heterocycles. The third-order valence-corrected chi connectivity index (χ3v) is 3.23. The van der Waals surface area contributed by atoms with Crippen molar-refractivity contribution in [3.63, 3.8) is 0 Å². The van der Waals surface area contributed by atoms with Gasteiger partial charge < -0.3 is 0 Å². The summed E-state index contributed by atoms with van der Waals surface area (Å²) in [6, 6.07) is 0. The first kappa shape index (κ1) is 15.0. The zero-order chi connectivity index (χ0) is 14.4. The standard InChI is InChI=1S/C18H21B/c1-7-13(5)11-16-15(9-3)17(10-4)19-18(16)12-14(6)8-2/h7-12,19H,1-4H2,5-6H3/b13-11+,14-12+. The first-order valence-electron chi connectivity index (χ1n) is 6.40. The van der Waals surface area contributed by atoms with Crippen LogP contribution in [-0.4, -0.2) is 7.28 Å². The molecule has 0 bridgehead atoms. The Kier molecular flexibility index (Phi) is 5.38. The fraction of sp³-hybridized carbons (Fsp3) is 0.111. The summed E-state index contributed by atoms with van der Waals surface area (Å²) in [7, 11) is 0.895. The Bertz CT molecular complexity index is 548. The number of allylic oxidation sites excluding steroid dienone is 12. The average Bonchev–Trinajstić information content (AvgIpc) is 2.75. The van der Waals surface area contributed by atoms with E-state index in [1.165, 1.54) is 22.1 Å². The first-order chi connectivity index (χ1) is 9.07. The number of hydrogen-bond acceptors (Lipinski definition) is 0. The van der Waals surface area contributed by atoms with Crippen molar-refractivity contribution in [1.29, 1.82) is 0 Å². The molecule has 0 aromatic heterocycles. The summed E-state index contributed by atoms with van der Waals surface area (Å²) in [6.45, 7) is 19.5. The Labute approximate surface area is 117 Å². The molecule has 1 heterocycles. The average molecular weight is 248 g/mol. The lowest BCUT2D eigenvalue weighted by Crippen LogP contribution is -1.93. The van der Waals surface area contributed by atoms with E-state index in [9.17, 15) is 0 Å². The highest BCUT2D eigenvalue weighted by Crippen LogP contribution is 2.31. The molecule has 19 heavy (non-hydrogen) atoms. The zero-order valence-corrected chi connectivity index (χ0v) is 12.0. The summed E-state index contributed by atoms with van der Waals surface area (Å²) in [5, 5.41) is 0. The Morgan fingerprint density at radius 3 is 1.84 bits per heavy atom. The molecule has 0 spiro atoms. The van der Waals surface area contributed by atoms with E-state index in [0.29, 0.717) is 0 Å².